The largest absolute Gasteiger partial charge is 0.455 e. The van der Waals surface area contributed by atoms with Crippen molar-refractivity contribution in [2.24, 2.45) is 5.92 Å². The molecule has 0 aromatic heterocycles. The maximum Gasteiger partial charge on any atom is 0.316 e. The van der Waals surface area contributed by atoms with Gasteiger partial charge in [0.05, 0.1) is 5.75 Å². The lowest BCUT2D eigenvalue weighted by Crippen LogP contribution is -2.38. The summed E-state index contributed by atoms with van der Waals surface area (Å²) in [6.07, 6.45) is 0. The number of nitrogens with one attached hydrogen (secondary N) is 1. The SMILES string of the molecule is Cc1ccccc1SCC(=O)OCC(=O)NC(C)C(C)C. The molecule has 0 aliphatic heterocycles. The Balaban J connectivity index is 2.28. The van der Waals surface area contributed by atoms with Crippen LogP contribution >= 0.6 is 11.8 Å². The lowest BCUT2D eigenvalue weighted by Gasteiger charge is -2.17. The molecule has 0 spiro atoms. The van der Waals surface area contributed by atoms with Crippen LogP contribution in [0.5, 0.6) is 0 Å². The molecule has 1 aromatic carbocycles. The van der Waals surface area contributed by atoms with Crippen molar-refractivity contribution in [2.75, 3.05) is 12.4 Å². The van der Waals surface area contributed by atoms with E-state index in [0.717, 1.165) is 10.5 Å². The maximum absolute atomic E-state index is 11.6. The fraction of sp³-hybridized carbons (Fsp3) is 0.500. The number of hydrogen-bond acceptors (Lipinski definition) is 4. The summed E-state index contributed by atoms with van der Waals surface area (Å²) in [6, 6.07) is 7.91. The van der Waals surface area contributed by atoms with Gasteiger partial charge in [0.2, 0.25) is 0 Å². The monoisotopic (exact) mass is 309 g/mol. The Morgan fingerprint density at radius 2 is 1.90 bits per heavy atom. The number of esters is 1. The first-order valence-corrected chi connectivity index (χ1v) is 8.02. The van der Waals surface area contributed by atoms with Crippen LogP contribution in [0.15, 0.2) is 29.2 Å². The van der Waals surface area contributed by atoms with Crippen LogP contribution in [0.2, 0.25) is 0 Å². The van der Waals surface area contributed by atoms with Crippen molar-refractivity contribution in [2.45, 2.75) is 38.6 Å². The second kappa shape index (κ2) is 8.72. The number of aryl methyl sites for hydroxylation is 1. The zero-order valence-corrected chi connectivity index (χ0v) is 13.8. The number of ether oxygens (including phenoxy) is 1. The summed E-state index contributed by atoms with van der Waals surface area (Å²) in [5, 5.41) is 2.79. The molecule has 0 aliphatic carbocycles. The van der Waals surface area contributed by atoms with E-state index in [-0.39, 0.29) is 30.3 Å². The molecule has 1 amide bonds. The zero-order chi connectivity index (χ0) is 15.8. The summed E-state index contributed by atoms with van der Waals surface area (Å²) in [6.45, 7) is 7.75. The van der Waals surface area contributed by atoms with Gasteiger partial charge in [-0.15, -0.1) is 11.8 Å². The predicted octanol–water partition coefficient (Wildman–Crippen LogP) is 2.79. The molecule has 0 radical (unpaired) electrons. The number of benzene rings is 1. The van der Waals surface area contributed by atoms with Crippen molar-refractivity contribution in [3.8, 4) is 0 Å². The first-order valence-electron chi connectivity index (χ1n) is 7.03. The molecule has 4 nitrogen and oxygen atoms in total. The average Bonchev–Trinajstić information content (AvgIpc) is 2.44. The maximum atomic E-state index is 11.6. The predicted molar refractivity (Wildman–Crippen MR) is 85.3 cm³/mol. The Bertz CT molecular complexity index is 488. The van der Waals surface area contributed by atoms with Crippen LogP contribution in [0.4, 0.5) is 0 Å². The molecule has 0 heterocycles. The van der Waals surface area contributed by atoms with E-state index in [1.165, 1.54) is 11.8 Å². The highest BCUT2D eigenvalue weighted by atomic mass is 32.2. The molecule has 0 aliphatic rings. The fourth-order valence-electron chi connectivity index (χ4n) is 1.51. The Kier molecular flexibility index (Phi) is 7.29. The van der Waals surface area contributed by atoms with Crippen LogP contribution in [0.1, 0.15) is 26.3 Å². The van der Waals surface area contributed by atoms with Crippen LogP contribution in [-0.2, 0) is 14.3 Å². The third kappa shape index (κ3) is 6.67. The van der Waals surface area contributed by atoms with E-state index in [0.29, 0.717) is 5.92 Å². The second-order valence-electron chi connectivity index (χ2n) is 5.32. The molecule has 5 heteroatoms. The second-order valence-corrected chi connectivity index (χ2v) is 6.33. The first-order chi connectivity index (χ1) is 9.90. The molecule has 21 heavy (non-hydrogen) atoms. The van der Waals surface area contributed by atoms with Crippen molar-refractivity contribution in [3.63, 3.8) is 0 Å². The molecular formula is C16H23NO3S. The third-order valence-corrected chi connectivity index (χ3v) is 4.34. The summed E-state index contributed by atoms with van der Waals surface area (Å²) in [4.78, 5) is 24.3. The highest BCUT2D eigenvalue weighted by Gasteiger charge is 2.13. The van der Waals surface area contributed by atoms with Crippen molar-refractivity contribution < 1.29 is 14.3 Å². The Morgan fingerprint density at radius 1 is 1.24 bits per heavy atom. The van der Waals surface area contributed by atoms with Gasteiger partial charge >= 0.3 is 5.97 Å². The molecular weight excluding hydrogens is 286 g/mol. The van der Waals surface area contributed by atoms with Crippen LogP contribution in [0.3, 0.4) is 0 Å². The minimum Gasteiger partial charge on any atom is -0.455 e. The summed E-state index contributed by atoms with van der Waals surface area (Å²) < 4.78 is 4.97. The Hall–Kier alpha value is -1.49. The van der Waals surface area contributed by atoms with Crippen LogP contribution < -0.4 is 5.32 Å². The molecule has 0 saturated carbocycles. The molecule has 1 rings (SSSR count). The number of amides is 1. The molecule has 1 aromatic rings. The van der Waals surface area contributed by atoms with E-state index >= 15 is 0 Å². The number of carbonyl (C=O) groups excluding carboxylic acids is 2. The molecule has 1 atom stereocenters. The molecule has 0 saturated heterocycles. The van der Waals surface area contributed by atoms with E-state index in [1.807, 2.05) is 52.0 Å². The van der Waals surface area contributed by atoms with Gasteiger partial charge in [-0.3, -0.25) is 9.59 Å². The van der Waals surface area contributed by atoms with Crippen molar-refractivity contribution in [1.29, 1.82) is 0 Å². The quantitative estimate of drug-likeness (QED) is 0.621. The number of carbonyl (C=O) groups is 2. The minimum atomic E-state index is -0.379. The van der Waals surface area contributed by atoms with E-state index in [2.05, 4.69) is 5.32 Å². The van der Waals surface area contributed by atoms with Crippen molar-refractivity contribution in [3.05, 3.63) is 29.8 Å². The normalized spacial score (nSPS) is 12.0. The molecule has 0 bridgehead atoms. The Morgan fingerprint density at radius 3 is 2.52 bits per heavy atom. The smallest absolute Gasteiger partial charge is 0.316 e. The van der Waals surface area contributed by atoms with Gasteiger partial charge in [-0.25, -0.2) is 0 Å². The fourth-order valence-corrected chi connectivity index (χ4v) is 2.33. The van der Waals surface area contributed by atoms with E-state index in [4.69, 9.17) is 4.74 Å². The molecule has 116 valence electrons. The van der Waals surface area contributed by atoms with Gasteiger partial charge in [0.25, 0.3) is 5.91 Å². The van der Waals surface area contributed by atoms with Crippen molar-refractivity contribution in [1.82, 2.24) is 5.32 Å². The Labute approximate surface area is 130 Å². The summed E-state index contributed by atoms with van der Waals surface area (Å²) in [5.74, 6) is -0.0833. The molecule has 0 fully saturated rings. The van der Waals surface area contributed by atoms with Gasteiger partial charge < -0.3 is 10.1 Å². The van der Waals surface area contributed by atoms with Gasteiger partial charge in [-0.05, 0) is 31.4 Å². The van der Waals surface area contributed by atoms with E-state index in [9.17, 15) is 9.59 Å². The molecule has 1 N–H and O–H groups in total. The van der Waals surface area contributed by atoms with Crippen LogP contribution in [0, 0.1) is 12.8 Å². The van der Waals surface area contributed by atoms with Gasteiger partial charge in [0.1, 0.15) is 0 Å². The van der Waals surface area contributed by atoms with Crippen LogP contribution in [0.25, 0.3) is 0 Å². The average molecular weight is 309 g/mol. The summed E-state index contributed by atoms with van der Waals surface area (Å²) in [7, 11) is 0. The first kappa shape index (κ1) is 17.6. The number of rotatable bonds is 7. The van der Waals surface area contributed by atoms with E-state index in [1.54, 1.807) is 0 Å². The van der Waals surface area contributed by atoms with Crippen LogP contribution in [-0.4, -0.2) is 30.3 Å². The number of thioether (sulfide) groups is 1. The zero-order valence-electron chi connectivity index (χ0n) is 13.0. The highest BCUT2D eigenvalue weighted by molar-refractivity contribution is 8.00. The van der Waals surface area contributed by atoms with Gasteiger partial charge in [0, 0.05) is 10.9 Å². The third-order valence-electron chi connectivity index (χ3n) is 3.19. The lowest BCUT2D eigenvalue weighted by atomic mass is 10.1. The topological polar surface area (TPSA) is 55.4 Å². The minimum absolute atomic E-state index is 0.0672. The standard InChI is InChI=1S/C16H23NO3S/c1-11(2)13(4)17-15(18)9-20-16(19)10-21-14-8-6-5-7-12(14)3/h5-8,11,13H,9-10H2,1-4H3,(H,17,18). The summed E-state index contributed by atoms with van der Waals surface area (Å²) in [5.41, 5.74) is 1.12. The van der Waals surface area contributed by atoms with Crippen molar-refractivity contribution >= 4 is 23.6 Å². The number of hydrogen-bond donors (Lipinski definition) is 1. The van der Waals surface area contributed by atoms with Gasteiger partial charge in [0.15, 0.2) is 6.61 Å². The van der Waals surface area contributed by atoms with Gasteiger partial charge in [-0.2, -0.15) is 0 Å². The molecule has 1 unspecified atom stereocenters. The highest BCUT2D eigenvalue weighted by Crippen LogP contribution is 2.21. The van der Waals surface area contributed by atoms with E-state index < -0.39 is 0 Å². The summed E-state index contributed by atoms with van der Waals surface area (Å²) >= 11 is 1.42. The van der Waals surface area contributed by atoms with Gasteiger partial charge in [-0.1, -0.05) is 32.0 Å². The lowest BCUT2D eigenvalue weighted by molar-refractivity contribution is -0.146.